The molecule has 31 heavy (non-hydrogen) atoms. The lowest BCUT2D eigenvalue weighted by molar-refractivity contribution is 0.0530. The number of benzene rings is 2. The number of methoxy groups -OCH3 is 2. The summed E-state index contributed by atoms with van der Waals surface area (Å²) < 4.78 is 16.1. The zero-order valence-corrected chi connectivity index (χ0v) is 17.4. The van der Waals surface area contributed by atoms with Gasteiger partial charge in [-0.25, -0.2) is 0 Å². The maximum Gasteiger partial charge on any atom is 0.276 e. The molecular formula is C23H23N3O5. The molecule has 0 unspecified atom stereocenters. The van der Waals surface area contributed by atoms with Crippen LogP contribution < -0.4 is 9.47 Å². The Balaban J connectivity index is 1.44. The van der Waals surface area contributed by atoms with Crippen LogP contribution in [0.4, 0.5) is 0 Å². The summed E-state index contributed by atoms with van der Waals surface area (Å²) in [6, 6.07) is 16.1. The van der Waals surface area contributed by atoms with Crippen molar-refractivity contribution < 1.29 is 23.6 Å². The number of ether oxygens (including phenoxy) is 2. The fourth-order valence-electron chi connectivity index (χ4n) is 3.55. The molecule has 0 radical (unpaired) electrons. The lowest BCUT2D eigenvalue weighted by Crippen LogP contribution is -2.50. The van der Waals surface area contributed by atoms with E-state index in [1.807, 2.05) is 18.2 Å². The number of carbonyl (C=O) groups is 2. The molecule has 0 aliphatic carbocycles. The Labute approximate surface area is 179 Å². The first-order valence-corrected chi connectivity index (χ1v) is 9.93. The van der Waals surface area contributed by atoms with Gasteiger partial charge in [0.15, 0.2) is 11.5 Å². The SMILES string of the molecule is COc1ccc(OC)c(-c2cc(C(=O)N3CCN(C(=O)c4ccccc4)CC3)no2)c1. The third-order valence-electron chi connectivity index (χ3n) is 5.28. The van der Waals surface area contributed by atoms with Crippen LogP contribution in [-0.2, 0) is 0 Å². The standard InChI is InChI=1S/C23H23N3O5/c1-29-17-8-9-20(30-2)18(14-17)21-15-19(24-31-21)23(28)26-12-10-25(11-13-26)22(27)16-6-4-3-5-7-16/h3-9,14-15H,10-13H2,1-2H3. The van der Waals surface area contributed by atoms with Crippen LogP contribution in [0.15, 0.2) is 59.1 Å². The first-order valence-electron chi connectivity index (χ1n) is 9.93. The van der Waals surface area contributed by atoms with E-state index >= 15 is 0 Å². The molecule has 2 aromatic carbocycles. The van der Waals surface area contributed by atoms with Crippen molar-refractivity contribution >= 4 is 11.8 Å². The minimum Gasteiger partial charge on any atom is -0.497 e. The van der Waals surface area contributed by atoms with Crippen LogP contribution in [0.1, 0.15) is 20.8 Å². The summed E-state index contributed by atoms with van der Waals surface area (Å²) >= 11 is 0. The highest BCUT2D eigenvalue weighted by Gasteiger charge is 2.27. The maximum absolute atomic E-state index is 12.9. The summed E-state index contributed by atoms with van der Waals surface area (Å²) in [7, 11) is 3.13. The maximum atomic E-state index is 12.9. The second-order valence-electron chi connectivity index (χ2n) is 7.09. The molecule has 0 bridgehead atoms. The molecule has 1 fully saturated rings. The molecule has 0 N–H and O–H groups in total. The Morgan fingerprint density at radius 2 is 1.55 bits per heavy atom. The number of hydrogen-bond acceptors (Lipinski definition) is 6. The van der Waals surface area contributed by atoms with E-state index in [2.05, 4.69) is 5.16 Å². The summed E-state index contributed by atoms with van der Waals surface area (Å²) in [4.78, 5) is 28.9. The van der Waals surface area contributed by atoms with E-state index < -0.39 is 0 Å². The molecule has 8 nitrogen and oxygen atoms in total. The van der Waals surface area contributed by atoms with E-state index in [4.69, 9.17) is 14.0 Å². The molecule has 8 heteroatoms. The summed E-state index contributed by atoms with van der Waals surface area (Å²) in [5.41, 5.74) is 1.50. The van der Waals surface area contributed by atoms with Crippen LogP contribution in [0.2, 0.25) is 0 Å². The number of rotatable bonds is 5. The average molecular weight is 421 g/mol. The predicted molar refractivity (Wildman–Crippen MR) is 113 cm³/mol. The lowest BCUT2D eigenvalue weighted by Gasteiger charge is -2.34. The molecule has 4 rings (SSSR count). The minimum absolute atomic E-state index is 0.0264. The van der Waals surface area contributed by atoms with E-state index in [1.54, 1.807) is 60.4 Å². The van der Waals surface area contributed by atoms with Gasteiger partial charge in [-0.15, -0.1) is 0 Å². The van der Waals surface area contributed by atoms with Gasteiger partial charge in [-0.1, -0.05) is 23.4 Å². The van der Waals surface area contributed by atoms with E-state index in [9.17, 15) is 9.59 Å². The summed E-state index contributed by atoms with van der Waals surface area (Å²) in [6.45, 7) is 1.80. The number of carbonyl (C=O) groups excluding carboxylic acids is 2. The first kappa shape index (κ1) is 20.5. The summed E-state index contributed by atoms with van der Waals surface area (Å²) in [5, 5.41) is 3.96. The molecule has 1 saturated heterocycles. The number of nitrogens with zero attached hydrogens (tertiary/aromatic N) is 3. The first-order chi connectivity index (χ1) is 15.1. The largest absolute Gasteiger partial charge is 0.497 e. The average Bonchev–Trinajstić information content (AvgIpc) is 3.33. The van der Waals surface area contributed by atoms with Crippen molar-refractivity contribution in [3.05, 3.63) is 65.9 Å². The van der Waals surface area contributed by atoms with Crippen molar-refractivity contribution in [1.82, 2.24) is 15.0 Å². The highest BCUT2D eigenvalue weighted by Crippen LogP contribution is 2.34. The highest BCUT2D eigenvalue weighted by atomic mass is 16.5. The van der Waals surface area contributed by atoms with Crippen molar-refractivity contribution in [2.45, 2.75) is 0 Å². The van der Waals surface area contributed by atoms with Gasteiger partial charge in [0.05, 0.1) is 19.8 Å². The number of aromatic nitrogens is 1. The smallest absolute Gasteiger partial charge is 0.276 e. The zero-order valence-electron chi connectivity index (χ0n) is 17.4. The van der Waals surface area contributed by atoms with Crippen LogP contribution in [0.5, 0.6) is 11.5 Å². The van der Waals surface area contributed by atoms with Gasteiger partial charge in [0, 0.05) is 37.8 Å². The molecule has 160 valence electrons. The van der Waals surface area contributed by atoms with Crippen molar-refractivity contribution in [3.63, 3.8) is 0 Å². The van der Waals surface area contributed by atoms with Gasteiger partial charge in [-0.2, -0.15) is 0 Å². The zero-order chi connectivity index (χ0) is 21.8. The Bertz CT molecular complexity index is 1070. The number of amides is 2. The van der Waals surface area contributed by atoms with Crippen molar-refractivity contribution in [2.24, 2.45) is 0 Å². The lowest BCUT2D eigenvalue weighted by atomic mass is 10.1. The molecule has 1 aliphatic heterocycles. The molecule has 2 heterocycles. The minimum atomic E-state index is -0.233. The van der Waals surface area contributed by atoms with Gasteiger partial charge in [0.1, 0.15) is 11.5 Å². The van der Waals surface area contributed by atoms with Crippen LogP contribution in [0.25, 0.3) is 11.3 Å². The van der Waals surface area contributed by atoms with Gasteiger partial charge >= 0.3 is 0 Å². The van der Waals surface area contributed by atoms with Crippen LogP contribution in [-0.4, -0.2) is 67.2 Å². The molecule has 0 spiro atoms. The Morgan fingerprint density at radius 3 is 2.19 bits per heavy atom. The topological polar surface area (TPSA) is 85.1 Å². The summed E-state index contributed by atoms with van der Waals surface area (Å²) in [5.74, 6) is 1.38. The van der Waals surface area contributed by atoms with E-state index in [0.717, 1.165) is 0 Å². The normalized spacial score (nSPS) is 13.7. The van der Waals surface area contributed by atoms with Crippen molar-refractivity contribution in [2.75, 3.05) is 40.4 Å². The number of piperazine rings is 1. The quantitative estimate of drug-likeness (QED) is 0.630. The molecule has 2 amide bonds. The molecule has 3 aromatic rings. The molecule has 1 aliphatic rings. The predicted octanol–water partition coefficient (Wildman–Crippen LogP) is 2.96. The van der Waals surface area contributed by atoms with Gasteiger partial charge < -0.3 is 23.8 Å². The molecular weight excluding hydrogens is 398 g/mol. The van der Waals surface area contributed by atoms with Crippen molar-refractivity contribution in [3.8, 4) is 22.8 Å². The van der Waals surface area contributed by atoms with Crippen LogP contribution in [0, 0.1) is 0 Å². The van der Waals surface area contributed by atoms with Crippen molar-refractivity contribution in [1.29, 1.82) is 0 Å². The third kappa shape index (κ3) is 4.23. The van der Waals surface area contributed by atoms with Crippen LogP contribution in [0.3, 0.4) is 0 Å². The second-order valence-corrected chi connectivity index (χ2v) is 7.09. The third-order valence-corrected chi connectivity index (χ3v) is 5.28. The van der Waals surface area contributed by atoms with E-state index in [1.165, 1.54) is 0 Å². The number of hydrogen-bond donors (Lipinski definition) is 0. The Morgan fingerprint density at radius 1 is 0.871 bits per heavy atom. The monoisotopic (exact) mass is 421 g/mol. The highest BCUT2D eigenvalue weighted by molar-refractivity contribution is 5.95. The molecule has 0 atom stereocenters. The van der Waals surface area contributed by atoms with Crippen LogP contribution >= 0.6 is 0 Å². The molecule has 1 aromatic heterocycles. The fourth-order valence-corrected chi connectivity index (χ4v) is 3.55. The second kappa shape index (κ2) is 8.91. The Hall–Kier alpha value is -3.81. The summed E-state index contributed by atoms with van der Waals surface area (Å²) in [6.07, 6.45) is 0. The fraction of sp³-hybridized carbons (Fsp3) is 0.261. The van der Waals surface area contributed by atoms with Gasteiger partial charge in [0.2, 0.25) is 0 Å². The van der Waals surface area contributed by atoms with E-state index in [-0.39, 0.29) is 17.5 Å². The molecule has 0 saturated carbocycles. The van der Waals surface area contributed by atoms with Gasteiger partial charge in [-0.05, 0) is 30.3 Å². The van der Waals surface area contributed by atoms with Gasteiger partial charge in [0.25, 0.3) is 11.8 Å². The van der Waals surface area contributed by atoms with Gasteiger partial charge in [-0.3, -0.25) is 9.59 Å². The Kier molecular flexibility index (Phi) is 5.88. The van der Waals surface area contributed by atoms with E-state index in [0.29, 0.717) is 54.6 Å².